The lowest BCUT2D eigenvalue weighted by Crippen LogP contribution is -2.44. The van der Waals surface area contributed by atoms with Gasteiger partial charge >= 0.3 is 0 Å². The number of carbonyl (C=O) groups excluding carboxylic acids is 1. The molecule has 2 rings (SSSR count). The lowest BCUT2D eigenvalue weighted by molar-refractivity contribution is -0.124. The molecule has 1 aliphatic carbocycles. The van der Waals surface area contributed by atoms with Crippen LogP contribution in [-0.4, -0.2) is 29.1 Å². The second-order valence-corrected chi connectivity index (χ2v) is 7.65. The van der Waals surface area contributed by atoms with Crippen LogP contribution in [-0.2, 0) is 14.8 Å². The summed E-state index contributed by atoms with van der Waals surface area (Å²) in [6.45, 7) is 1.90. The maximum atomic E-state index is 12.8. The van der Waals surface area contributed by atoms with Crippen LogP contribution < -0.4 is 0 Å². The van der Waals surface area contributed by atoms with Crippen LogP contribution in [0.3, 0.4) is 0 Å². The molecule has 1 atom stereocenters. The summed E-state index contributed by atoms with van der Waals surface area (Å²) in [5.41, 5.74) is 0.985. The summed E-state index contributed by atoms with van der Waals surface area (Å²) in [4.78, 5) is 12.4. The van der Waals surface area contributed by atoms with E-state index >= 15 is 0 Å². The van der Waals surface area contributed by atoms with Crippen molar-refractivity contribution in [3.8, 4) is 0 Å². The molecule has 0 radical (unpaired) electrons. The van der Waals surface area contributed by atoms with Gasteiger partial charge in [-0.3, -0.25) is 4.79 Å². The summed E-state index contributed by atoms with van der Waals surface area (Å²) in [6, 6.07) is 6.24. The van der Waals surface area contributed by atoms with Crippen LogP contribution in [0, 0.1) is 6.92 Å². The molecule has 0 bridgehead atoms. The largest absolute Gasteiger partial charge is 0.273 e. The molecule has 1 aliphatic rings. The number of benzene rings is 1. The zero-order valence-corrected chi connectivity index (χ0v) is 14.8. The fourth-order valence-electron chi connectivity index (χ4n) is 2.37. The molecule has 0 saturated carbocycles. The summed E-state index contributed by atoms with van der Waals surface area (Å²) in [5.74, 6) is -0.368. The van der Waals surface area contributed by atoms with Gasteiger partial charge in [-0.05, 0) is 38.3 Å². The molecule has 1 aromatic carbocycles. The highest BCUT2D eigenvalue weighted by molar-refractivity contribution is 14.1. The Balaban J connectivity index is 2.43. The van der Waals surface area contributed by atoms with Crippen molar-refractivity contribution in [3.05, 3.63) is 42.0 Å². The first-order valence-electron chi connectivity index (χ1n) is 6.83. The van der Waals surface area contributed by atoms with Gasteiger partial charge in [-0.2, -0.15) is 0 Å². The number of sulfonamides is 1. The molecule has 0 spiro atoms. The first-order chi connectivity index (χ1) is 9.96. The van der Waals surface area contributed by atoms with E-state index in [-0.39, 0.29) is 21.3 Å². The zero-order valence-electron chi connectivity index (χ0n) is 11.8. The third kappa shape index (κ3) is 3.66. The van der Waals surface area contributed by atoms with E-state index < -0.39 is 10.0 Å². The molecule has 0 aromatic heterocycles. The molecule has 0 aliphatic heterocycles. The summed E-state index contributed by atoms with van der Waals surface area (Å²) in [5, 5.41) is 0. The number of hydrogen-bond donors (Lipinski definition) is 0. The normalized spacial score (nSPS) is 18.5. The molecule has 114 valence electrons. The molecule has 0 fully saturated rings. The maximum Gasteiger partial charge on any atom is 0.267 e. The van der Waals surface area contributed by atoms with E-state index in [0.29, 0.717) is 6.42 Å². The van der Waals surface area contributed by atoms with E-state index in [2.05, 4.69) is 0 Å². The minimum atomic E-state index is -3.80. The standard InChI is InChI=1S/C15H18INO3S/c1-12-7-9-14(10-8-12)21(19,20)17(15(18)11-16)13-5-3-2-4-6-13/h3,5,7-10,13H,2,4,6,11H2,1H3. The molecule has 21 heavy (non-hydrogen) atoms. The predicted molar refractivity (Wildman–Crippen MR) is 90.9 cm³/mol. The number of rotatable bonds is 4. The van der Waals surface area contributed by atoms with E-state index in [4.69, 9.17) is 0 Å². The Morgan fingerprint density at radius 3 is 2.52 bits per heavy atom. The fourth-order valence-corrected chi connectivity index (χ4v) is 4.54. The van der Waals surface area contributed by atoms with Gasteiger partial charge in [0, 0.05) is 0 Å². The van der Waals surface area contributed by atoms with Crippen LogP contribution in [0.25, 0.3) is 0 Å². The number of amides is 1. The summed E-state index contributed by atoms with van der Waals surface area (Å²) in [7, 11) is -3.80. The van der Waals surface area contributed by atoms with Gasteiger partial charge in [-0.25, -0.2) is 12.7 Å². The Bertz CT molecular complexity index is 637. The van der Waals surface area contributed by atoms with Crippen LogP contribution in [0.5, 0.6) is 0 Å². The molecule has 0 saturated heterocycles. The summed E-state index contributed by atoms with van der Waals surface area (Å²) >= 11 is 1.91. The highest BCUT2D eigenvalue weighted by Crippen LogP contribution is 2.25. The summed E-state index contributed by atoms with van der Waals surface area (Å²) < 4.78 is 26.8. The van der Waals surface area contributed by atoms with E-state index in [9.17, 15) is 13.2 Å². The Kier molecular flexibility index (Phi) is 5.43. The molecule has 0 heterocycles. The number of nitrogens with zero attached hydrogens (tertiary/aromatic N) is 1. The van der Waals surface area contributed by atoms with E-state index in [1.165, 1.54) is 0 Å². The third-order valence-electron chi connectivity index (χ3n) is 3.47. The highest BCUT2D eigenvalue weighted by atomic mass is 127. The van der Waals surface area contributed by atoms with Crippen LogP contribution >= 0.6 is 22.6 Å². The van der Waals surface area contributed by atoms with Gasteiger partial charge in [0.25, 0.3) is 10.0 Å². The highest BCUT2D eigenvalue weighted by Gasteiger charge is 2.34. The topological polar surface area (TPSA) is 54.5 Å². The van der Waals surface area contributed by atoms with Gasteiger partial charge in [-0.1, -0.05) is 52.4 Å². The van der Waals surface area contributed by atoms with Gasteiger partial charge in [0.15, 0.2) is 0 Å². The van der Waals surface area contributed by atoms with Crippen molar-refractivity contribution in [1.82, 2.24) is 4.31 Å². The quantitative estimate of drug-likeness (QED) is 0.428. The second kappa shape index (κ2) is 6.91. The fraction of sp³-hybridized carbons (Fsp3) is 0.400. The average Bonchev–Trinajstić information content (AvgIpc) is 2.48. The SMILES string of the molecule is Cc1ccc(S(=O)(=O)N(C(=O)CI)C2C=CCCC2)cc1. The average molecular weight is 419 g/mol. The van der Waals surface area contributed by atoms with E-state index in [1.54, 1.807) is 24.3 Å². The number of hydrogen-bond acceptors (Lipinski definition) is 3. The van der Waals surface area contributed by atoms with E-state index in [0.717, 1.165) is 22.7 Å². The van der Waals surface area contributed by atoms with Crippen LogP contribution in [0.4, 0.5) is 0 Å². The van der Waals surface area contributed by atoms with Crippen molar-refractivity contribution in [3.63, 3.8) is 0 Å². The van der Waals surface area contributed by atoms with Crippen molar-refractivity contribution in [2.75, 3.05) is 4.43 Å². The van der Waals surface area contributed by atoms with Gasteiger partial charge in [0.2, 0.25) is 5.91 Å². The smallest absolute Gasteiger partial charge is 0.267 e. The lowest BCUT2D eigenvalue weighted by atomic mass is 10.0. The molecular weight excluding hydrogens is 401 g/mol. The third-order valence-corrected chi connectivity index (χ3v) is 5.98. The minimum Gasteiger partial charge on any atom is -0.273 e. The molecule has 1 aromatic rings. The number of carbonyl (C=O) groups is 1. The summed E-state index contributed by atoms with van der Waals surface area (Å²) in [6.07, 6.45) is 6.30. The predicted octanol–water partition coefficient (Wildman–Crippen LogP) is 3.06. The molecule has 1 unspecified atom stereocenters. The Morgan fingerprint density at radius 1 is 1.33 bits per heavy atom. The number of alkyl halides is 1. The van der Waals surface area contributed by atoms with E-state index in [1.807, 2.05) is 41.7 Å². The second-order valence-electron chi connectivity index (χ2n) is 5.07. The minimum absolute atomic E-state index is 0.146. The van der Waals surface area contributed by atoms with Crippen LogP contribution in [0.2, 0.25) is 0 Å². The first kappa shape index (κ1) is 16.5. The molecule has 6 heteroatoms. The van der Waals surface area contributed by atoms with Gasteiger partial charge in [0.1, 0.15) is 0 Å². The van der Waals surface area contributed by atoms with Crippen molar-refractivity contribution < 1.29 is 13.2 Å². The van der Waals surface area contributed by atoms with Gasteiger partial charge in [0.05, 0.1) is 15.4 Å². The monoisotopic (exact) mass is 419 g/mol. The number of halogens is 1. The number of aryl methyl sites for hydroxylation is 1. The Hall–Kier alpha value is -0.890. The van der Waals surface area contributed by atoms with Gasteiger partial charge < -0.3 is 0 Å². The number of allylic oxidation sites excluding steroid dienone is 1. The van der Waals surface area contributed by atoms with Crippen LogP contribution in [0.15, 0.2) is 41.3 Å². The molecular formula is C15H18INO3S. The molecule has 4 nitrogen and oxygen atoms in total. The lowest BCUT2D eigenvalue weighted by Gasteiger charge is -2.30. The first-order valence-corrected chi connectivity index (χ1v) is 9.80. The van der Waals surface area contributed by atoms with Gasteiger partial charge in [-0.15, -0.1) is 0 Å². The zero-order chi connectivity index (χ0) is 15.5. The van der Waals surface area contributed by atoms with Crippen molar-refractivity contribution in [1.29, 1.82) is 0 Å². The van der Waals surface area contributed by atoms with Crippen molar-refractivity contribution in [2.45, 2.75) is 37.1 Å². The Morgan fingerprint density at radius 2 is 2.00 bits per heavy atom. The molecule has 0 N–H and O–H groups in total. The molecule has 1 amide bonds. The van der Waals surface area contributed by atoms with Crippen molar-refractivity contribution in [2.24, 2.45) is 0 Å². The Labute approximate surface area is 139 Å². The van der Waals surface area contributed by atoms with Crippen LogP contribution in [0.1, 0.15) is 24.8 Å². The maximum absolute atomic E-state index is 12.8. The van der Waals surface area contributed by atoms with Crippen molar-refractivity contribution >= 4 is 38.5 Å².